The molecule has 8 aliphatic rings. The van der Waals surface area contributed by atoms with Crippen molar-refractivity contribution in [3.8, 4) is 23.0 Å². The molecule has 46 heavy (non-hydrogen) atoms. The molecule has 3 saturated heterocycles. The molecule has 0 radical (unpaired) electrons. The van der Waals surface area contributed by atoms with E-state index in [9.17, 15) is 14.6 Å². The van der Waals surface area contributed by atoms with Crippen LogP contribution < -0.4 is 9.64 Å². The molecule has 0 amide bonds. The lowest BCUT2D eigenvalue weighted by Gasteiger charge is -2.57. The molecule has 11 rings (SSSR count). The molecule has 2 aromatic heterocycles. The molecule has 2 aliphatic carbocycles. The molecule has 2 saturated carbocycles. The number of aromatic hydroxyl groups is 1. The van der Waals surface area contributed by atoms with Crippen molar-refractivity contribution < 1.29 is 28.5 Å². The van der Waals surface area contributed by atoms with E-state index in [1.165, 1.54) is 0 Å². The van der Waals surface area contributed by atoms with Crippen LogP contribution in [0.1, 0.15) is 68.4 Å². The summed E-state index contributed by atoms with van der Waals surface area (Å²) < 4.78 is 43.9. The van der Waals surface area contributed by atoms with Crippen molar-refractivity contribution in [3.05, 3.63) is 35.3 Å². The average Bonchev–Trinajstić information content (AvgIpc) is 3.53. The normalized spacial score (nSPS) is 35.0. The second-order valence-electron chi connectivity index (χ2n) is 15.3. The third-order valence-electron chi connectivity index (χ3n) is 11.9. The van der Waals surface area contributed by atoms with Crippen LogP contribution in [0.2, 0.25) is 0 Å². The number of ether oxygens (including phenoxy) is 2. The maximum Gasteiger partial charge on any atom is 0.319 e. The highest BCUT2D eigenvalue weighted by Crippen LogP contribution is 2.56. The van der Waals surface area contributed by atoms with Gasteiger partial charge >= 0.3 is 6.01 Å². The number of aryl methyl sites for hydroxylation is 1. The van der Waals surface area contributed by atoms with Gasteiger partial charge in [-0.15, -0.1) is 0 Å². The minimum atomic E-state index is -0.888. The maximum absolute atomic E-state index is 16.9. The van der Waals surface area contributed by atoms with E-state index in [1.807, 2.05) is 6.92 Å². The van der Waals surface area contributed by atoms with Gasteiger partial charge in [0.25, 0.3) is 0 Å². The number of alkyl halides is 1. The van der Waals surface area contributed by atoms with Crippen molar-refractivity contribution in [1.82, 2.24) is 19.9 Å². The molecule has 1 spiro atoms. The third-order valence-corrected chi connectivity index (χ3v) is 11.9. The summed E-state index contributed by atoms with van der Waals surface area (Å²) in [7, 11) is 0. The van der Waals surface area contributed by atoms with Gasteiger partial charge in [0.1, 0.15) is 35.6 Å². The Balaban J connectivity index is 1.18. The maximum atomic E-state index is 16.9. The molecular weight excluding hydrogens is 592 g/mol. The summed E-state index contributed by atoms with van der Waals surface area (Å²) >= 11 is 0. The number of fused-ring (bicyclic) bond motifs is 1. The van der Waals surface area contributed by atoms with Crippen LogP contribution in [0.4, 0.5) is 14.6 Å². The highest BCUT2D eigenvalue weighted by Gasteiger charge is 2.56. The quantitative estimate of drug-likeness (QED) is 0.411. The van der Waals surface area contributed by atoms with Gasteiger partial charge in [-0.3, -0.25) is 9.88 Å². The molecule has 1 aromatic carbocycles. The Kier molecular flexibility index (Phi) is 6.42. The highest BCUT2D eigenvalue weighted by atomic mass is 19.1. The number of anilines is 1. The molecule has 5 fully saturated rings. The van der Waals surface area contributed by atoms with Crippen LogP contribution in [0, 0.1) is 24.1 Å². The van der Waals surface area contributed by atoms with Crippen LogP contribution in [-0.2, 0) is 4.74 Å². The number of aliphatic hydroxyl groups is 1. The van der Waals surface area contributed by atoms with Gasteiger partial charge in [-0.05, 0) is 98.9 Å². The number of nitrogens with zero attached hydrogens (tertiary/aromatic N) is 5. The summed E-state index contributed by atoms with van der Waals surface area (Å²) in [6, 6.07) is 3.38. The molecule has 244 valence electrons. The molecule has 11 heteroatoms. The topological polar surface area (TPSA) is 104 Å². The molecule has 2 N–H and O–H groups in total. The summed E-state index contributed by atoms with van der Waals surface area (Å²) in [5.74, 6) is 0.415. The lowest BCUT2D eigenvalue weighted by molar-refractivity contribution is -0.168. The van der Waals surface area contributed by atoms with Crippen molar-refractivity contribution in [2.75, 3.05) is 50.9 Å². The van der Waals surface area contributed by atoms with Crippen LogP contribution >= 0.6 is 0 Å². The van der Waals surface area contributed by atoms with Crippen molar-refractivity contribution in [3.63, 3.8) is 0 Å². The van der Waals surface area contributed by atoms with Gasteiger partial charge in [0, 0.05) is 37.8 Å². The van der Waals surface area contributed by atoms with Crippen LogP contribution in [0.15, 0.2) is 18.3 Å². The van der Waals surface area contributed by atoms with Gasteiger partial charge in [-0.1, -0.05) is 0 Å². The fourth-order valence-electron chi connectivity index (χ4n) is 9.94. The summed E-state index contributed by atoms with van der Waals surface area (Å²) in [6.45, 7) is 5.67. The lowest BCUT2D eigenvalue weighted by atomic mass is 9.56. The van der Waals surface area contributed by atoms with Crippen molar-refractivity contribution in [2.24, 2.45) is 11.3 Å². The Bertz CT molecular complexity index is 1730. The fourth-order valence-corrected chi connectivity index (χ4v) is 9.94. The largest absolute Gasteiger partial charge is 0.508 e. The summed E-state index contributed by atoms with van der Waals surface area (Å²) in [5.41, 5.74) is 1.31. The summed E-state index contributed by atoms with van der Waals surface area (Å²) in [6.07, 6.45) is 7.12. The zero-order valence-electron chi connectivity index (χ0n) is 26.3. The van der Waals surface area contributed by atoms with E-state index in [2.05, 4.69) is 19.8 Å². The van der Waals surface area contributed by atoms with Gasteiger partial charge in [0.05, 0.1) is 29.7 Å². The minimum absolute atomic E-state index is 0.0491. The lowest BCUT2D eigenvalue weighted by Crippen LogP contribution is -2.60. The number of rotatable bonds is 3. The van der Waals surface area contributed by atoms with Crippen LogP contribution in [0.25, 0.3) is 22.2 Å². The standard InChI is InChI=1S/C35H41F2N5O4/c1-20-8-23(43)10-25-27(20)24-9-21(24)14-45-19-35(44)15-33(16-35)4-2-6-41(17-33)31-26-12-38-29(25)28(37)30(26)39-32(40-31)46-18-34-5-3-7-42(34)13-22(36)11-34/h8,10,12,21-22,24,43-44H,2-7,9,11,13-19H2,1H3/t21-,22-,24?,33?,34+,35?/m1/s1. The van der Waals surface area contributed by atoms with E-state index in [-0.39, 0.29) is 46.8 Å². The average molecular weight is 634 g/mol. The first-order chi connectivity index (χ1) is 22.1. The zero-order valence-corrected chi connectivity index (χ0v) is 26.3. The summed E-state index contributed by atoms with van der Waals surface area (Å²) in [5, 5.41) is 22.5. The Morgan fingerprint density at radius 3 is 2.87 bits per heavy atom. The summed E-state index contributed by atoms with van der Waals surface area (Å²) in [4.78, 5) is 18.6. The van der Waals surface area contributed by atoms with Crippen LogP contribution in [-0.4, -0.2) is 93.4 Å². The first kappa shape index (κ1) is 29.0. The first-order valence-corrected chi connectivity index (χ1v) is 16.9. The Morgan fingerprint density at radius 1 is 1.15 bits per heavy atom. The van der Waals surface area contributed by atoms with Gasteiger partial charge in [-0.25, -0.2) is 8.78 Å². The van der Waals surface area contributed by atoms with E-state index < -0.39 is 23.1 Å². The van der Waals surface area contributed by atoms with E-state index in [0.29, 0.717) is 62.3 Å². The Labute approximate surface area is 266 Å². The smallest absolute Gasteiger partial charge is 0.319 e. The van der Waals surface area contributed by atoms with E-state index in [4.69, 9.17) is 14.5 Å². The monoisotopic (exact) mass is 633 g/mol. The number of phenolic OH excluding ortho intramolecular Hbond substituents is 1. The molecular formula is C35H41F2N5O4. The molecule has 3 aromatic rings. The predicted molar refractivity (Wildman–Crippen MR) is 167 cm³/mol. The Hall–Kier alpha value is -3.15. The van der Waals surface area contributed by atoms with Crippen LogP contribution in [0.3, 0.4) is 0 Å². The number of phenols is 1. The molecule has 1 unspecified atom stereocenters. The predicted octanol–water partition coefficient (Wildman–Crippen LogP) is 5.05. The minimum Gasteiger partial charge on any atom is -0.508 e. The molecule has 4 atom stereocenters. The Morgan fingerprint density at radius 2 is 2.00 bits per heavy atom. The van der Waals surface area contributed by atoms with Crippen molar-refractivity contribution >= 4 is 16.7 Å². The number of hydrogen-bond acceptors (Lipinski definition) is 9. The second kappa shape index (κ2) is 10.2. The van der Waals surface area contributed by atoms with Gasteiger partial charge < -0.3 is 24.6 Å². The van der Waals surface area contributed by atoms with Gasteiger partial charge in [-0.2, -0.15) is 9.97 Å². The SMILES string of the molecule is Cc1cc(O)cc2c1C1C[C@@H]1COCC1(O)CC3(CCCN(C3)c3nc(OC[C@@]45CCCN4C[C@H](F)C5)nc4c(F)c-2ncc34)C1. The highest BCUT2D eigenvalue weighted by molar-refractivity contribution is 5.92. The van der Waals surface area contributed by atoms with Crippen LogP contribution in [0.5, 0.6) is 11.8 Å². The molecule has 6 aliphatic heterocycles. The number of benzene rings is 1. The van der Waals surface area contributed by atoms with Crippen molar-refractivity contribution in [2.45, 2.75) is 81.5 Å². The van der Waals surface area contributed by atoms with E-state index in [0.717, 1.165) is 56.3 Å². The molecule has 9 nitrogen and oxygen atoms in total. The second-order valence-corrected chi connectivity index (χ2v) is 15.3. The van der Waals surface area contributed by atoms with E-state index >= 15 is 4.39 Å². The first-order valence-electron chi connectivity index (χ1n) is 16.9. The third kappa shape index (κ3) is 4.59. The van der Waals surface area contributed by atoms with Gasteiger partial charge in [0.2, 0.25) is 0 Å². The zero-order chi connectivity index (χ0) is 31.4. The van der Waals surface area contributed by atoms with Gasteiger partial charge in [0.15, 0.2) is 5.82 Å². The number of piperidine rings is 1. The molecule has 7 bridgehead atoms. The number of aromatic nitrogens is 3. The number of hydrogen-bond donors (Lipinski definition) is 2. The fraction of sp³-hybridized carbons (Fsp3) is 0.629. The van der Waals surface area contributed by atoms with E-state index in [1.54, 1.807) is 18.3 Å². The van der Waals surface area contributed by atoms with Crippen molar-refractivity contribution in [1.29, 1.82) is 0 Å². The number of halogens is 2. The number of pyridine rings is 1. The molecule has 8 heterocycles.